The fourth-order valence-electron chi connectivity index (χ4n) is 1.36. The van der Waals surface area contributed by atoms with Crippen LogP contribution in [0.1, 0.15) is 40.0 Å². The summed E-state index contributed by atoms with van der Waals surface area (Å²) in [4.78, 5) is 25.8. The molecule has 2 N–H and O–H groups in total. The second kappa shape index (κ2) is 7.87. The maximum absolute atomic E-state index is 11.5. The van der Waals surface area contributed by atoms with Crippen LogP contribution in [0.5, 0.6) is 0 Å². The SMILES string of the molecule is CCC(=[N+]=[N-])C(=O)C(O)C(O)C(=O)CCC(C)C. The molecule has 2 unspecified atom stereocenters. The van der Waals surface area contributed by atoms with E-state index in [0.717, 1.165) is 0 Å². The molecule has 0 bridgehead atoms. The van der Waals surface area contributed by atoms with Crippen molar-refractivity contribution >= 4 is 17.3 Å². The summed E-state index contributed by atoms with van der Waals surface area (Å²) in [6.07, 6.45) is -2.85. The van der Waals surface area contributed by atoms with E-state index in [1.54, 1.807) is 6.92 Å². The molecular formula is C12H20N2O4. The maximum Gasteiger partial charge on any atom is 0.337 e. The Morgan fingerprint density at radius 2 is 1.78 bits per heavy atom. The van der Waals surface area contributed by atoms with E-state index < -0.39 is 23.8 Å². The van der Waals surface area contributed by atoms with Crippen LogP contribution in [0.25, 0.3) is 5.53 Å². The maximum atomic E-state index is 11.5. The van der Waals surface area contributed by atoms with Gasteiger partial charge in [-0.05, 0) is 12.3 Å². The monoisotopic (exact) mass is 256 g/mol. The molecular weight excluding hydrogens is 236 g/mol. The van der Waals surface area contributed by atoms with Crippen LogP contribution in [-0.2, 0) is 9.59 Å². The third kappa shape index (κ3) is 4.87. The van der Waals surface area contributed by atoms with Crippen LogP contribution in [0.3, 0.4) is 0 Å². The Kier molecular flexibility index (Phi) is 7.27. The average molecular weight is 256 g/mol. The van der Waals surface area contributed by atoms with E-state index in [9.17, 15) is 19.8 Å². The predicted molar refractivity (Wildman–Crippen MR) is 65.0 cm³/mol. The van der Waals surface area contributed by atoms with Crippen LogP contribution in [0, 0.1) is 5.92 Å². The zero-order valence-electron chi connectivity index (χ0n) is 11.0. The fraction of sp³-hybridized carbons (Fsp3) is 0.750. The van der Waals surface area contributed by atoms with Gasteiger partial charge in [-0.25, -0.2) is 0 Å². The van der Waals surface area contributed by atoms with Gasteiger partial charge in [-0.3, -0.25) is 9.59 Å². The van der Waals surface area contributed by atoms with Gasteiger partial charge in [-0.2, -0.15) is 4.79 Å². The Balaban J connectivity index is 4.59. The lowest BCUT2D eigenvalue weighted by molar-refractivity contribution is -0.142. The molecule has 6 nitrogen and oxygen atoms in total. The number of aliphatic hydroxyl groups excluding tert-OH is 2. The van der Waals surface area contributed by atoms with Gasteiger partial charge in [0.1, 0.15) is 6.10 Å². The summed E-state index contributed by atoms with van der Waals surface area (Å²) in [5.74, 6) is -1.22. The number of hydrogen-bond acceptors (Lipinski definition) is 4. The van der Waals surface area contributed by atoms with E-state index >= 15 is 0 Å². The highest BCUT2D eigenvalue weighted by atomic mass is 16.3. The van der Waals surface area contributed by atoms with E-state index in [2.05, 4.69) is 4.79 Å². The molecule has 0 aromatic rings. The van der Waals surface area contributed by atoms with Crippen LogP contribution in [0.15, 0.2) is 0 Å². The quantitative estimate of drug-likeness (QED) is 0.371. The highest BCUT2D eigenvalue weighted by molar-refractivity contribution is 6.39. The minimum atomic E-state index is -1.87. The van der Waals surface area contributed by atoms with Crippen molar-refractivity contribution in [2.75, 3.05) is 0 Å². The average Bonchev–Trinajstić information content (AvgIpc) is 2.35. The van der Waals surface area contributed by atoms with E-state index in [-0.39, 0.29) is 18.6 Å². The number of ketones is 2. The Morgan fingerprint density at radius 3 is 2.17 bits per heavy atom. The summed E-state index contributed by atoms with van der Waals surface area (Å²) >= 11 is 0. The molecule has 0 aromatic heterocycles. The van der Waals surface area contributed by atoms with Crippen LogP contribution < -0.4 is 0 Å². The predicted octanol–water partition coefficient (Wildman–Crippen LogP) is 0.363. The van der Waals surface area contributed by atoms with Crippen molar-refractivity contribution in [3.05, 3.63) is 5.53 Å². The van der Waals surface area contributed by atoms with Crippen molar-refractivity contribution in [1.29, 1.82) is 0 Å². The third-order valence-corrected chi connectivity index (χ3v) is 2.61. The Labute approximate surface area is 106 Å². The lowest BCUT2D eigenvalue weighted by atomic mass is 9.97. The van der Waals surface area contributed by atoms with E-state index in [0.29, 0.717) is 12.3 Å². The first-order valence-corrected chi connectivity index (χ1v) is 5.99. The highest BCUT2D eigenvalue weighted by Crippen LogP contribution is 2.08. The Morgan fingerprint density at radius 1 is 1.22 bits per heavy atom. The third-order valence-electron chi connectivity index (χ3n) is 2.61. The largest absolute Gasteiger partial charge is 0.382 e. The second-order valence-corrected chi connectivity index (χ2v) is 4.55. The molecule has 0 fully saturated rings. The lowest BCUT2D eigenvalue weighted by Crippen LogP contribution is -2.43. The van der Waals surface area contributed by atoms with Gasteiger partial charge in [-0.15, -0.1) is 0 Å². The number of rotatable bonds is 8. The van der Waals surface area contributed by atoms with Crippen molar-refractivity contribution in [3.8, 4) is 0 Å². The number of carbonyl (C=O) groups excluding carboxylic acids is 2. The molecule has 0 saturated carbocycles. The zero-order chi connectivity index (χ0) is 14.3. The van der Waals surface area contributed by atoms with Crippen LogP contribution >= 0.6 is 0 Å². The summed E-state index contributed by atoms with van der Waals surface area (Å²) in [6, 6.07) is 0. The molecule has 0 aliphatic carbocycles. The molecule has 0 heterocycles. The van der Waals surface area contributed by atoms with Gasteiger partial charge in [0.15, 0.2) is 11.9 Å². The van der Waals surface area contributed by atoms with Crippen LogP contribution in [-0.4, -0.2) is 44.5 Å². The van der Waals surface area contributed by atoms with Gasteiger partial charge in [0.05, 0.1) is 6.42 Å². The Bertz CT molecular complexity index is 359. The van der Waals surface area contributed by atoms with Crippen molar-refractivity contribution in [2.45, 2.75) is 52.2 Å². The van der Waals surface area contributed by atoms with Crippen LogP contribution in [0.4, 0.5) is 0 Å². The molecule has 0 aromatic carbocycles. The first-order chi connectivity index (χ1) is 8.34. The normalized spacial score (nSPS) is 13.9. The molecule has 102 valence electrons. The van der Waals surface area contributed by atoms with E-state index in [1.165, 1.54) is 0 Å². The topological polar surface area (TPSA) is 111 Å². The first kappa shape index (κ1) is 16.6. The van der Waals surface area contributed by atoms with Gasteiger partial charge in [-0.1, -0.05) is 20.8 Å². The molecule has 0 aliphatic rings. The number of aliphatic hydroxyl groups is 2. The minimum absolute atomic E-state index is 0.0981. The molecule has 0 rings (SSSR count). The van der Waals surface area contributed by atoms with E-state index in [4.69, 9.17) is 5.53 Å². The molecule has 6 heteroatoms. The number of nitrogens with zero attached hydrogens (tertiary/aromatic N) is 2. The summed E-state index contributed by atoms with van der Waals surface area (Å²) in [7, 11) is 0. The Hall–Kier alpha value is -1.36. The zero-order valence-corrected chi connectivity index (χ0v) is 11.0. The standard InChI is InChI=1S/C12H20N2O4/c1-4-8(14-13)10(16)12(18)11(17)9(15)6-5-7(2)3/h7,11-12,17-18H,4-6H2,1-3H3. The van der Waals surface area contributed by atoms with Crippen molar-refractivity contribution in [1.82, 2.24) is 0 Å². The minimum Gasteiger partial charge on any atom is -0.382 e. The van der Waals surface area contributed by atoms with Gasteiger partial charge >= 0.3 is 5.71 Å². The van der Waals surface area contributed by atoms with Gasteiger partial charge in [0.2, 0.25) is 0 Å². The number of Topliss-reactive ketones (excluding diaryl/α,β-unsaturated/α-hetero) is 2. The second-order valence-electron chi connectivity index (χ2n) is 4.55. The van der Waals surface area contributed by atoms with Gasteiger partial charge < -0.3 is 15.7 Å². The molecule has 0 spiro atoms. The van der Waals surface area contributed by atoms with E-state index in [1.807, 2.05) is 13.8 Å². The molecule has 0 aliphatic heterocycles. The molecule has 0 amide bonds. The van der Waals surface area contributed by atoms with Crippen molar-refractivity contribution < 1.29 is 24.6 Å². The fourth-order valence-corrected chi connectivity index (χ4v) is 1.36. The molecule has 0 saturated heterocycles. The molecule has 0 radical (unpaired) electrons. The summed E-state index contributed by atoms with van der Waals surface area (Å²) in [5.41, 5.74) is 8.27. The van der Waals surface area contributed by atoms with Crippen molar-refractivity contribution in [3.63, 3.8) is 0 Å². The number of hydrogen-bond donors (Lipinski definition) is 2. The highest BCUT2D eigenvalue weighted by Gasteiger charge is 2.35. The number of carbonyl (C=O) groups is 2. The van der Waals surface area contributed by atoms with Gasteiger partial charge in [0, 0.05) is 6.42 Å². The summed E-state index contributed by atoms with van der Waals surface area (Å²) in [5, 5.41) is 19.1. The van der Waals surface area contributed by atoms with Crippen LogP contribution in [0.2, 0.25) is 0 Å². The summed E-state index contributed by atoms with van der Waals surface area (Å²) in [6.45, 7) is 5.41. The van der Waals surface area contributed by atoms with Gasteiger partial charge in [0.25, 0.3) is 5.78 Å². The lowest BCUT2D eigenvalue weighted by Gasteiger charge is -2.14. The molecule has 2 atom stereocenters. The first-order valence-electron chi connectivity index (χ1n) is 5.99. The smallest absolute Gasteiger partial charge is 0.337 e. The molecule has 18 heavy (non-hydrogen) atoms. The van der Waals surface area contributed by atoms with Crippen molar-refractivity contribution in [2.24, 2.45) is 5.92 Å². The summed E-state index contributed by atoms with van der Waals surface area (Å²) < 4.78 is 0.